The highest BCUT2D eigenvalue weighted by Crippen LogP contribution is 2.30. The zero-order valence-electron chi connectivity index (χ0n) is 12.4. The molecule has 0 aliphatic rings. The Morgan fingerprint density at radius 1 is 1.33 bits per heavy atom. The van der Waals surface area contributed by atoms with Crippen molar-refractivity contribution < 1.29 is 4.74 Å². The van der Waals surface area contributed by atoms with Crippen LogP contribution in [0.15, 0.2) is 18.2 Å². The third kappa shape index (κ3) is 3.51. The summed E-state index contributed by atoms with van der Waals surface area (Å²) in [7, 11) is 3.75. The second-order valence-corrected chi connectivity index (χ2v) is 5.52. The number of aromatic nitrogens is 2. The fourth-order valence-corrected chi connectivity index (χ4v) is 2.76. The normalized spacial score (nSPS) is 10.9. The molecule has 0 unspecified atom stereocenters. The summed E-state index contributed by atoms with van der Waals surface area (Å²) in [6.45, 7) is 3.05. The summed E-state index contributed by atoms with van der Waals surface area (Å²) in [6.07, 6.45) is 0.795. The first kappa shape index (κ1) is 16.1. The van der Waals surface area contributed by atoms with Crippen LogP contribution >= 0.6 is 23.2 Å². The Labute approximate surface area is 135 Å². The molecule has 1 aromatic heterocycles. The highest BCUT2D eigenvalue weighted by Gasteiger charge is 2.15. The molecule has 21 heavy (non-hydrogen) atoms. The molecule has 4 nitrogen and oxygen atoms in total. The Hall–Kier alpha value is -1.23. The fraction of sp³-hybridized carbons (Fsp3) is 0.400. The zero-order valence-corrected chi connectivity index (χ0v) is 13.9. The molecule has 0 radical (unpaired) electrons. The van der Waals surface area contributed by atoms with Gasteiger partial charge in [-0.3, -0.25) is 4.68 Å². The van der Waals surface area contributed by atoms with Gasteiger partial charge in [0.2, 0.25) is 0 Å². The number of aryl methyl sites for hydroxylation is 2. The molecule has 0 aliphatic carbocycles. The molecule has 1 N–H and O–H groups in total. The second kappa shape index (κ2) is 7.16. The van der Waals surface area contributed by atoms with Crippen LogP contribution in [0.2, 0.25) is 10.0 Å². The van der Waals surface area contributed by atoms with Crippen molar-refractivity contribution in [3.05, 3.63) is 45.2 Å². The summed E-state index contributed by atoms with van der Waals surface area (Å²) < 4.78 is 7.67. The summed E-state index contributed by atoms with van der Waals surface area (Å²) in [4.78, 5) is 0. The monoisotopic (exact) mass is 327 g/mol. The van der Waals surface area contributed by atoms with Gasteiger partial charge >= 0.3 is 0 Å². The highest BCUT2D eigenvalue weighted by atomic mass is 35.5. The van der Waals surface area contributed by atoms with E-state index in [1.807, 2.05) is 39.2 Å². The van der Waals surface area contributed by atoms with Crippen molar-refractivity contribution in [2.45, 2.75) is 26.5 Å². The van der Waals surface area contributed by atoms with Gasteiger partial charge in [0.25, 0.3) is 0 Å². The third-order valence-corrected chi connectivity index (χ3v) is 4.01. The topological polar surface area (TPSA) is 39.1 Å². The molecule has 0 saturated carbocycles. The minimum atomic E-state index is 0.336. The van der Waals surface area contributed by atoms with Crippen molar-refractivity contribution in [1.29, 1.82) is 0 Å². The molecule has 0 spiro atoms. The van der Waals surface area contributed by atoms with Crippen molar-refractivity contribution >= 4 is 23.2 Å². The molecule has 1 heterocycles. The Bertz CT molecular complexity index is 626. The van der Waals surface area contributed by atoms with Crippen molar-refractivity contribution in [3.8, 4) is 5.75 Å². The molecule has 0 amide bonds. The Balaban J connectivity index is 2.22. The maximum Gasteiger partial charge on any atom is 0.142 e. The van der Waals surface area contributed by atoms with E-state index in [9.17, 15) is 0 Å². The first-order chi connectivity index (χ1) is 10.1. The van der Waals surface area contributed by atoms with E-state index >= 15 is 0 Å². The lowest BCUT2D eigenvalue weighted by Crippen LogP contribution is -2.09. The number of hydrogen-bond acceptors (Lipinski definition) is 3. The lowest BCUT2D eigenvalue weighted by Gasteiger charge is -2.13. The number of halogens is 2. The van der Waals surface area contributed by atoms with Gasteiger partial charge in [-0.2, -0.15) is 5.10 Å². The summed E-state index contributed by atoms with van der Waals surface area (Å²) in [5, 5.41) is 8.75. The number of para-hydroxylation sites is 1. The van der Waals surface area contributed by atoms with Crippen LogP contribution in [0.3, 0.4) is 0 Å². The van der Waals surface area contributed by atoms with Gasteiger partial charge in [-0.1, -0.05) is 42.3 Å². The maximum absolute atomic E-state index is 6.33. The van der Waals surface area contributed by atoms with E-state index in [2.05, 4.69) is 10.4 Å². The Kier molecular flexibility index (Phi) is 5.51. The van der Waals surface area contributed by atoms with Gasteiger partial charge in [0.15, 0.2) is 0 Å². The van der Waals surface area contributed by atoms with Gasteiger partial charge in [-0.15, -0.1) is 0 Å². The standard InChI is InChI=1S/C15H19Cl2N3O/c1-4-12-14(17)13(20(3)19-12)9-21-15-10(8-18-2)6-5-7-11(15)16/h5-7,18H,4,8-9H2,1-3H3. The molecular formula is C15H19Cl2N3O. The highest BCUT2D eigenvalue weighted by molar-refractivity contribution is 6.32. The van der Waals surface area contributed by atoms with Gasteiger partial charge in [-0.25, -0.2) is 0 Å². The minimum Gasteiger partial charge on any atom is -0.485 e. The molecule has 2 aromatic rings. The van der Waals surface area contributed by atoms with Crippen molar-refractivity contribution in [1.82, 2.24) is 15.1 Å². The smallest absolute Gasteiger partial charge is 0.142 e. The summed E-state index contributed by atoms with van der Waals surface area (Å²) in [6, 6.07) is 5.71. The summed E-state index contributed by atoms with van der Waals surface area (Å²) in [5.41, 5.74) is 2.75. The molecule has 0 bridgehead atoms. The van der Waals surface area contributed by atoms with Gasteiger partial charge in [-0.05, 0) is 19.5 Å². The SMILES string of the molecule is CCc1nn(C)c(COc2c(Cl)cccc2CNC)c1Cl. The maximum atomic E-state index is 6.33. The second-order valence-electron chi connectivity index (χ2n) is 4.73. The van der Waals surface area contributed by atoms with Crippen LogP contribution in [-0.2, 0) is 26.6 Å². The molecule has 0 atom stereocenters. The van der Waals surface area contributed by atoms with Gasteiger partial charge in [0.05, 0.1) is 21.4 Å². The van der Waals surface area contributed by atoms with E-state index in [0.717, 1.165) is 23.4 Å². The summed E-state index contributed by atoms with van der Waals surface area (Å²) >= 11 is 12.6. The minimum absolute atomic E-state index is 0.336. The number of ether oxygens (including phenoxy) is 1. The predicted molar refractivity (Wildman–Crippen MR) is 86.1 cm³/mol. The summed E-state index contributed by atoms with van der Waals surface area (Å²) in [5.74, 6) is 0.684. The molecular weight excluding hydrogens is 309 g/mol. The van der Waals surface area contributed by atoms with E-state index < -0.39 is 0 Å². The van der Waals surface area contributed by atoms with Crippen LogP contribution in [-0.4, -0.2) is 16.8 Å². The van der Waals surface area contributed by atoms with Crippen molar-refractivity contribution in [2.75, 3.05) is 7.05 Å². The van der Waals surface area contributed by atoms with E-state index in [1.165, 1.54) is 0 Å². The molecule has 2 rings (SSSR count). The van der Waals surface area contributed by atoms with Crippen LogP contribution in [0.25, 0.3) is 0 Å². The molecule has 0 aliphatic heterocycles. The van der Waals surface area contributed by atoms with Crippen molar-refractivity contribution in [2.24, 2.45) is 7.05 Å². The van der Waals surface area contributed by atoms with Crippen LogP contribution in [0, 0.1) is 0 Å². The number of nitrogens with one attached hydrogen (secondary N) is 1. The van der Waals surface area contributed by atoms with Crippen LogP contribution in [0.4, 0.5) is 0 Å². The van der Waals surface area contributed by atoms with E-state index in [4.69, 9.17) is 27.9 Å². The van der Waals surface area contributed by atoms with Crippen LogP contribution in [0.1, 0.15) is 23.9 Å². The first-order valence-corrected chi connectivity index (χ1v) is 7.59. The van der Waals surface area contributed by atoms with Gasteiger partial charge in [0, 0.05) is 19.2 Å². The molecule has 6 heteroatoms. The fourth-order valence-electron chi connectivity index (χ4n) is 2.16. The van der Waals surface area contributed by atoms with Crippen LogP contribution < -0.4 is 10.1 Å². The molecule has 1 aromatic carbocycles. The average molecular weight is 328 g/mol. The number of benzene rings is 1. The lowest BCUT2D eigenvalue weighted by atomic mass is 10.2. The molecule has 114 valence electrons. The number of hydrogen-bond donors (Lipinski definition) is 1. The van der Waals surface area contributed by atoms with Gasteiger partial charge < -0.3 is 10.1 Å². The zero-order chi connectivity index (χ0) is 15.4. The Morgan fingerprint density at radius 2 is 2.10 bits per heavy atom. The predicted octanol–water partition coefficient (Wildman–Crippen LogP) is 3.59. The van der Waals surface area contributed by atoms with Crippen LogP contribution in [0.5, 0.6) is 5.75 Å². The number of rotatable bonds is 6. The first-order valence-electron chi connectivity index (χ1n) is 6.83. The van der Waals surface area contributed by atoms with E-state index in [0.29, 0.717) is 28.9 Å². The van der Waals surface area contributed by atoms with E-state index in [1.54, 1.807) is 4.68 Å². The molecule has 0 fully saturated rings. The van der Waals surface area contributed by atoms with E-state index in [-0.39, 0.29) is 0 Å². The lowest BCUT2D eigenvalue weighted by molar-refractivity contribution is 0.291. The largest absolute Gasteiger partial charge is 0.485 e. The van der Waals surface area contributed by atoms with Crippen molar-refractivity contribution in [3.63, 3.8) is 0 Å². The van der Waals surface area contributed by atoms with Gasteiger partial charge in [0.1, 0.15) is 12.4 Å². The average Bonchev–Trinajstić information content (AvgIpc) is 2.73. The third-order valence-electron chi connectivity index (χ3n) is 3.27. The molecule has 0 saturated heterocycles. The number of nitrogens with zero attached hydrogens (tertiary/aromatic N) is 2. The quantitative estimate of drug-likeness (QED) is 0.881. The Morgan fingerprint density at radius 3 is 2.71 bits per heavy atom.